The zero-order valence-electron chi connectivity index (χ0n) is 15.7. The Kier molecular flexibility index (Phi) is 6.12. The zero-order chi connectivity index (χ0) is 18.1. The molecule has 0 radical (unpaired) electrons. The monoisotopic (exact) mass is 342 g/mol. The second kappa shape index (κ2) is 6.96. The smallest absolute Gasteiger partial charge is 0.332 e. The summed E-state index contributed by atoms with van der Waals surface area (Å²) >= 11 is 0. The van der Waals surface area contributed by atoms with Crippen LogP contribution in [0.4, 0.5) is 0 Å². The molecule has 1 N–H and O–H groups in total. The molecule has 4 nitrogen and oxygen atoms in total. The third-order valence-corrected chi connectivity index (χ3v) is 5.11. The summed E-state index contributed by atoms with van der Waals surface area (Å²) < 4.78 is 22.9. The van der Waals surface area contributed by atoms with E-state index >= 15 is 0 Å². The lowest BCUT2D eigenvalue weighted by atomic mass is 9.78. The van der Waals surface area contributed by atoms with Crippen molar-refractivity contribution in [2.75, 3.05) is 13.7 Å². The van der Waals surface area contributed by atoms with Crippen LogP contribution in [0.3, 0.4) is 0 Å². The fraction of sp³-hybridized carbons (Fsp3) is 0.667. The lowest BCUT2D eigenvalue weighted by Gasteiger charge is -2.30. The summed E-state index contributed by atoms with van der Waals surface area (Å²) in [4.78, 5) is 9.98. The van der Waals surface area contributed by atoms with E-state index < -0.39 is 7.60 Å². The van der Waals surface area contributed by atoms with E-state index in [1.54, 1.807) is 14.0 Å². The molecule has 0 aliphatic heterocycles. The Bertz CT molecular complexity index is 559. The molecule has 5 heteroatoms. The van der Waals surface area contributed by atoms with Gasteiger partial charge in [0.1, 0.15) is 5.75 Å². The van der Waals surface area contributed by atoms with E-state index in [0.717, 1.165) is 22.4 Å². The van der Waals surface area contributed by atoms with Crippen LogP contribution in [0.5, 0.6) is 5.75 Å². The summed E-state index contributed by atoms with van der Waals surface area (Å²) in [6.45, 7) is 14.6. The molecule has 0 heterocycles. The highest BCUT2D eigenvalue weighted by molar-refractivity contribution is 7.51. The Morgan fingerprint density at radius 2 is 1.48 bits per heavy atom. The number of rotatable bonds is 5. The molecule has 0 aliphatic carbocycles. The van der Waals surface area contributed by atoms with Crippen molar-refractivity contribution in [2.45, 2.75) is 65.5 Å². The van der Waals surface area contributed by atoms with Gasteiger partial charge < -0.3 is 14.2 Å². The number of ether oxygens (including phenoxy) is 1. The lowest BCUT2D eigenvalue weighted by molar-refractivity contribution is 0.272. The van der Waals surface area contributed by atoms with Gasteiger partial charge in [-0.3, -0.25) is 4.57 Å². The Morgan fingerprint density at radius 3 is 1.78 bits per heavy atom. The average molecular weight is 342 g/mol. The van der Waals surface area contributed by atoms with Gasteiger partial charge >= 0.3 is 7.60 Å². The zero-order valence-corrected chi connectivity index (χ0v) is 16.6. The molecular weight excluding hydrogens is 311 g/mol. The third-order valence-electron chi connectivity index (χ3n) is 3.68. The van der Waals surface area contributed by atoms with Crippen LogP contribution in [-0.2, 0) is 26.1 Å². The minimum absolute atomic E-state index is 0.0109. The molecule has 132 valence electrons. The first-order valence-electron chi connectivity index (χ1n) is 8.00. The van der Waals surface area contributed by atoms with Crippen molar-refractivity contribution in [1.82, 2.24) is 0 Å². The van der Waals surface area contributed by atoms with E-state index in [4.69, 9.17) is 9.26 Å². The van der Waals surface area contributed by atoms with Crippen LogP contribution in [-0.4, -0.2) is 18.6 Å². The highest BCUT2D eigenvalue weighted by Gasteiger charge is 2.29. The van der Waals surface area contributed by atoms with Crippen molar-refractivity contribution in [1.29, 1.82) is 0 Å². The largest absolute Gasteiger partial charge is 0.496 e. The molecule has 0 bridgehead atoms. The minimum Gasteiger partial charge on any atom is -0.496 e. The first kappa shape index (κ1) is 20.2. The number of benzene rings is 1. The molecule has 1 rings (SSSR count). The Balaban J connectivity index is 3.54. The molecule has 0 saturated carbocycles. The van der Waals surface area contributed by atoms with Crippen LogP contribution in [0, 0.1) is 0 Å². The van der Waals surface area contributed by atoms with Gasteiger partial charge in [0.25, 0.3) is 0 Å². The van der Waals surface area contributed by atoms with Gasteiger partial charge in [-0.1, -0.05) is 53.7 Å². The second-order valence-electron chi connectivity index (χ2n) is 7.94. The van der Waals surface area contributed by atoms with Gasteiger partial charge in [0.2, 0.25) is 0 Å². The predicted octanol–water partition coefficient (Wildman–Crippen LogP) is 5.01. The van der Waals surface area contributed by atoms with Gasteiger partial charge in [-0.25, -0.2) is 0 Å². The Labute approximate surface area is 140 Å². The van der Waals surface area contributed by atoms with Crippen molar-refractivity contribution in [3.63, 3.8) is 0 Å². The predicted molar refractivity (Wildman–Crippen MR) is 95.5 cm³/mol. The molecule has 0 fully saturated rings. The van der Waals surface area contributed by atoms with E-state index in [0.29, 0.717) is 0 Å². The maximum absolute atomic E-state index is 12.2. The van der Waals surface area contributed by atoms with Gasteiger partial charge in [0, 0.05) is 11.1 Å². The second-order valence-corrected chi connectivity index (χ2v) is 9.79. The normalized spacial score (nSPS) is 15.3. The summed E-state index contributed by atoms with van der Waals surface area (Å²) in [5, 5.41) is 0. The number of hydrogen-bond acceptors (Lipinski definition) is 3. The molecule has 0 saturated heterocycles. The maximum Gasteiger partial charge on any atom is 0.332 e. The molecule has 23 heavy (non-hydrogen) atoms. The molecular formula is C18H31O4P. The molecule has 1 aromatic rings. The fourth-order valence-electron chi connectivity index (χ4n) is 2.59. The van der Waals surface area contributed by atoms with Crippen molar-refractivity contribution >= 4 is 7.60 Å². The van der Waals surface area contributed by atoms with Gasteiger partial charge in [-0.15, -0.1) is 0 Å². The fourth-order valence-corrected chi connectivity index (χ4v) is 3.73. The van der Waals surface area contributed by atoms with Crippen LogP contribution < -0.4 is 4.74 Å². The Morgan fingerprint density at radius 1 is 1.04 bits per heavy atom. The molecule has 0 aromatic heterocycles. The topological polar surface area (TPSA) is 55.8 Å². The van der Waals surface area contributed by atoms with E-state index in [2.05, 4.69) is 41.5 Å². The summed E-state index contributed by atoms with van der Waals surface area (Å²) in [7, 11) is -1.95. The number of hydrogen-bond donors (Lipinski definition) is 1. The summed E-state index contributed by atoms with van der Waals surface area (Å²) in [5.74, 6) is 0.859. The minimum atomic E-state index is -3.62. The van der Waals surface area contributed by atoms with Crippen LogP contribution in [0.1, 0.15) is 65.2 Å². The first-order valence-corrected chi connectivity index (χ1v) is 9.76. The summed E-state index contributed by atoms with van der Waals surface area (Å²) in [6, 6.07) is 3.94. The summed E-state index contributed by atoms with van der Waals surface area (Å²) in [6.07, 6.45) is 0.0109. The first-order chi connectivity index (χ1) is 10.3. The van der Waals surface area contributed by atoms with E-state index in [9.17, 15) is 9.46 Å². The molecule has 0 amide bonds. The van der Waals surface area contributed by atoms with Gasteiger partial charge in [-0.2, -0.15) is 0 Å². The van der Waals surface area contributed by atoms with Crippen LogP contribution >= 0.6 is 7.60 Å². The van der Waals surface area contributed by atoms with Crippen LogP contribution in [0.15, 0.2) is 12.1 Å². The Hall–Kier alpha value is -0.830. The highest BCUT2D eigenvalue weighted by atomic mass is 31.2. The standard InChI is InChI=1S/C18H31O4P/c1-9-22-23(19,20)12-13-10-14(17(2,3)4)16(21-8)15(11-13)18(5,6)7/h10-11H,9,12H2,1-8H3,(H,19,20). The van der Waals surface area contributed by atoms with Crippen molar-refractivity contribution < 1.29 is 18.7 Å². The van der Waals surface area contributed by atoms with Gasteiger partial charge in [0.05, 0.1) is 19.9 Å². The van der Waals surface area contributed by atoms with E-state index in [1.807, 2.05) is 12.1 Å². The van der Waals surface area contributed by atoms with Crippen molar-refractivity contribution in [3.8, 4) is 5.75 Å². The summed E-state index contributed by atoms with van der Waals surface area (Å²) in [5.41, 5.74) is 2.62. The van der Waals surface area contributed by atoms with Crippen LogP contribution in [0.2, 0.25) is 0 Å². The SMILES string of the molecule is CCOP(=O)(O)Cc1cc(C(C)(C)C)c(OC)c(C(C)(C)C)c1. The molecule has 1 atom stereocenters. The number of methoxy groups -OCH3 is 1. The molecule has 1 unspecified atom stereocenters. The van der Waals surface area contributed by atoms with E-state index in [1.165, 1.54) is 0 Å². The van der Waals surface area contributed by atoms with Gasteiger partial charge in [-0.05, 0) is 23.3 Å². The lowest BCUT2D eigenvalue weighted by Crippen LogP contribution is -2.19. The van der Waals surface area contributed by atoms with Gasteiger partial charge in [0.15, 0.2) is 0 Å². The van der Waals surface area contributed by atoms with Crippen molar-refractivity contribution in [3.05, 3.63) is 28.8 Å². The quantitative estimate of drug-likeness (QED) is 0.764. The third kappa shape index (κ3) is 5.34. The molecule has 0 spiro atoms. The average Bonchev–Trinajstić information content (AvgIpc) is 2.34. The van der Waals surface area contributed by atoms with Crippen molar-refractivity contribution in [2.24, 2.45) is 0 Å². The highest BCUT2D eigenvalue weighted by Crippen LogP contribution is 2.48. The van der Waals surface area contributed by atoms with E-state index in [-0.39, 0.29) is 23.6 Å². The molecule has 1 aromatic carbocycles. The molecule has 0 aliphatic rings. The maximum atomic E-state index is 12.2. The van der Waals surface area contributed by atoms with Crippen LogP contribution in [0.25, 0.3) is 0 Å².